The fourth-order valence-electron chi connectivity index (χ4n) is 2.76. The SMILES string of the molecule is Oc1c2cccc1CNCCNCCNCCNCCNCCNC2. The lowest BCUT2D eigenvalue weighted by atomic mass is 10.1. The summed E-state index contributed by atoms with van der Waals surface area (Å²) in [6, 6.07) is 5.97. The zero-order chi connectivity index (χ0) is 17.6. The first-order chi connectivity index (χ1) is 12.4. The second kappa shape index (κ2) is 13.0. The number of fused-ring (bicyclic) bond motifs is 2. The van der Waals surface area contributed by atoms with Crippen molar-refractivity contribution in [3.8, 4) is 5.75 Å². The van der Waals surface area contributed by atoms with Crippen LogP contribution in [0.25, 0.3) is 0 Å². The van der Waals surface area contributed by atoms with Crippen LogP contribution in [0.1, 0.15) is 11.1 Å². The quantitative estimate of drug-likeness (QED) is 0.321. The van der Waals surface area contributed by atoms with Crippen LogP contribution in [0.15, 0.2) is 18.2 Å². The third kappa shape index (κ3) is 8.62. The van der Waals surface area contributed by atoms with Crippen LogP contribution in [-0.2, 0) is 13.1 Å². The summed E-state index contributed by atoms with van der Waals surface area (Å²) in [5, 5.41) is 30.8. The van der Waals surface area contributed by atoms with Crippen molar-refractivity contribution in [3.63, 3.8) is 0 Å². The number of aromatic hydroxyl groups is 1. The van der Waals surface area contributed by atoms with Crippen molar-refractivity contribution in [1.29, 1.82) is 0 Å². The molecule has 7 heteroatoms. The Hall–Kier alpha value is -1.22. The van der Waals surface area contributed by atoms with E-state index in [0.29, 0.717) is 18.8 Å². The highest BCUT2D eigenvalue weighted by atomic mass is 16.3. The van der Waals surface area contributed by atoms with E-state index in [1.54, 1.807) is 0 Å². The Labute approximate surface area is 151 Å². The lowest BCUT2D eigenvalue weighted by Gasteiger charge is -2.12. The molecule has 142 valence electrons. The Morgan fingerprint density at radius 3 is 1.20 bits per heavy atom. The van der Waals surface area contributed by atoms with Gasteiger partial charge in [0.05, 0.1) is 0 Å². The van der Waals surface area contributed by atoms with Crippen molar-refractivity contribution in [3.05, 3.63) is 29.3 Å². The van der Waals surface area contributed by atoms with E-state index in [4.69, 9.17) is 0 Å². The van der Waals surface area contributed by atoms with Gasteiger partial charge in [-0.3, -0.25) is 0 Å². The summed E-state index contributed by atoms with van der Waals surface area (Å²) < 4.78 is 0. The van der Waals surface area contributed by atoms with Crippen molar-refractivity contribution in [2.45, 2.75) is 13.1 Å². The van der Waals surface area contributed by atoms with E-state index < -0.39 is 0 Å². The highest BCUT2D eigenvalue weighted by Gasteiger charge is 2.06. The largest absolute Gasteiger partial charge is 0.507 e. The van der Waals surface area contributed by atoms with Crippen molar-refractivity contribution in [1.82, 2.24) is 31.9 Å². The van der Waals surface area contributed by atoms with Crippen LogP contribution in [0.3, 0.4) is 0 Å². The Bertz CT molecular complexity index is 433. The van der Waals surface area contributed by atoms with Crippen molar-refractivity contribution >= 4 is 0 Å². The topological polar surface area (TPSA) is 92.4 Å². The molecule has 0 aromatic heterocycles. The molecular weight excluding hydrogens is 316 g/mol. The van der Waals surface area contributed by atoms with E-state index >= 15 is 0 Å². The lowest BCUT2D eigenvalue weighted by Crippen LogP contribution is -2.37. The molecule has 0 unspecified atom stereocenters. The standard InChI is InChI=1S/C18H34N6O/c25-18-16-2-1-3-17(18)15-24-13-11-22-9-7-20-5-4-19-6-8-21-10-12-23-14-16/h1-3,19-25H,4-15H2. The number of nitrogens with one attached hydrogen (secondary N) is 6. The van der Waals surface area contributed by atoms with Crippen LogP contribution >= 0.6 is 0 Å². The first-order valence-corrected chi connectivity index (χ1v) is 9.42. The monoisotopic (exact) mass is 350 g/mol. The number of hydrogen-bond acceptors (Lipinski definition) is 7. The molecule has 0 atom stereocenters. The van der Waals surface area contributed by atoms with Gasteiger partial charge in [-0.05, 0) is 0 Å². The van der Waals surface area contributed by atoms with Gasteiger partial charge in [0.1, 0.15) is 5.75 Å². The van der Waals surface area contributed by atoms with E-state index in [-0.39, 0.29) is 0 Å². The van der Waals surface area contributed by atoms with Gasteiger partial charge in [-0.25, -0.2) is 0 Å². The van der Waals surface area contributed by atoms with E-state index in [1.165, 1.54) is 0 Å². The lowest BCUT2D eigenvalue weighted by molar-refractivity contribution is 0.453. The minimum absolute atomic E-state index is 0.405. The van der Waals surface area contributed by atoms with E-state index in [2.05, 4.69) is 31.9 Å². The maximum atomic E-state index is 10.4. The average molecular weight is 351 g/mol. The normalized spacial score (nSPS) is 20.5. The molecule has 1 aromatic rings. The number of benzene rings is 1. The predicted molar refractivity (Wildman–Crippen MR) is 103 cm³/mol. The molecule has 2 rings (SSSR count). The second-order valence-corrected chi connectivity index (χ2v) is 6.28. The van der Waals surface area contributed by atoms with Gasteiger partial charge in [0, 0.05) is 89.7 Å². The minimum atomic E-state index is 0.405. The Kier molecular flexibility index (Phi) is 10.5. The summed E-state index contributed by atoms with van der Waals surface area (Å²) in [5.41, 5.74) is 1.91. The number of phenolic OH excluding ortho intramolecular Hbond substituents is 1. The number of rotatable bonds is 0. The average Bonchev–Trinajstić information content (AvgIpc) is 2.62. The first-order valence-electron chi connectivity index (χ1n) is 9.42. The fourth-order valence-corrected chi connectivity index (χ4v) is 2.76. The third-order valence-electron chi connectivity index (χ3n) is 4.23. The highest BCUT2D eigenvalue weighted by Crippen LogP contribution is 2.22. The minimum Gasteiger partial charge on any atom is -0.507 e. The van der Waals surface area contributed by atoms with Crippen LogP contribution < -0.4 is 31.9 Å². The molecule has 0 aliphatic carbocycles. The van der Waals surface area contributed by atoms with Gasteiger partial charge < -0.3 is 37.0 Å². The smallest absolute Gasteiger partial charge is 0.124 e. The van der Waals surface area contributed by atoms with Gasteiger partial charge in [0.25, 0.3) is 0 Å². The predicted octanol–water partition coefficient (Wildman–Crippen LogP) is -1.06. The van der Waals surface area contributed by atoms with Crippen molar-refractivity contribution in [2.24, 2.45) is 0 Å². The molecule has 7 nitrogen and oxygen atoms in total. The van der Waals surface area contributed by atoms with Crippen LogP contribution in [0, 0.1) is 0 Å². The summed E-state index contributed by atoms with van der Waals surface area (Å²) in [7, 11) is 0. The van der Waals surface area contributed by atoms with Gasteiger partial charge in [0.2, 0.25) is 0 Å². The summed E-state index contributed by atoms with van der Waals surface area (Å²) >= 11 is 0. The summed E-state index contributed by atoms with van der Waals surface area (Å²) in [6.07, 6.45) is 0. The van der Waals surface area contributed by atoms with Crippen molar-refractivity contribution in [2.75, 3.05) is 65.4 Å². The summed E-state index contributed by atoms with van der Waals surface area (Å²) in [6.45, 7) is 10.9. The molecular formula is C18H34N6O. The molecule has 2 bridgehead atoms. The summed E-state index contributed by atoms with van der Waals surface area (Å²) in [5.74, 6) is 0.405. The van der Waals surface area contributed by atoms with Gasteiger partial charge in [0.15, 0.2) is 0 Å². The molecule has 1 heterocycles. The zero-order valence-electron chi connectivity index (χ0n) is 15.2. The van der Waals surface area contributed by atoms with Gasteiger partial charge in [-0.1, -0.05) is 18.2 Å². The van der Waals surface area contributed by atoms with E-state index in [0.717, 1.165) is 76.6 Å². The molecule has 1 aliphatic rings. The van der Waals surface area contributed by atoms with Gasteiger partial charge in [-0.2, -0.15) is 0 Å². The number of hydrogen-bond donors (Lipinski definition) is 7. The maximum absolute atomic E-state index is 10.4. The fraction of sp³-hybridized carbons (Fsp3) is 0.667. The molecule has 1 aliphatic heterocycles. The molecule has 1 aromatic carbocycles. The van der Waals surface area contributed by atoms with E-state index in [9.17, 15) is 5.11 Å². The van der Waals surface area contributed by atoms with Crippen molar-refractivity contribution < 1.29 is 5.11 Å². The Morgan fingerprint density at radius 2 is 0.840 bits per heavy atom. The van der Waals surface area contributed by atoms with Gasteiger partial charge in [-0.15, -0.1) is 0 Å². The zero-order valence-corrected chi connectivity index (χ0v) is 15.2. The van der Waals surface area contributed by atoms with Crippen LogP contribution in [-0.4, -0.2) is 70.6 Å². The maximum Gasteiger partial charge on any atom is 0.124 e. The molecule has 7 N–H and O–H groups in total. The molecule has 0 saturated heterocycles. The number of phenols is 1. The first kappa shape index (κ1) is 20.1. The Balaban J connectivity index is 1.79. The van der Waals surface area contributed by atoms with Crippen LogP contribution in [0.2, 0.25) is 0 Å². The number of para-hydroxylation sites is 1. The molecule has 25 heavy (non-hydrogen) atoms. The van der Waals surface area contributed by atoms with Gasteiger partial charge >= 0.3 is 0 Å². The molecule has 0 saturated carbocycles. The van der Waals surface area contributed by atoms with Crippen LogP contribution in [0.5, 0.6) is 5.75 Å². The Morgan fingerprint density at radius 1 is 0.520 bits per heavy atom. The summed E-state index contributed by atoms with van der Waals surface area (Å²) in [4.78, 5) is 0. The molecule has 0 fully saturated rings. The highest BCUT2D eigenvalue weighted by molar-refractivity contribution is 5.40. The molecule has 0 amide bonds. The second-order valence-electron chi connectivity index (χ2n) is 6.28. The molecule has 0 radical (unpaired) electrons. The van der Waals surface area contributed by atoms with Crippen LogP contribution in [0.4, 0.5) is 0 Å². The third-order valence-corrected chi connectivity index (χ3v) is 4.23. The molecule has 0 spiro atoms. The van der Waals surface area contributed by atoms with E-state index in [1.807, 2.05) is 18.2 Å².